The third kappa shape index (κ3) is 9.56. The standard InChI is InChI=1S/C10H18.C2H6/c1-4-7-9-10(6-3)8-5-2;1-2/h10H,4,6-7,9H2,1-3H3;1-2H3/t10-;/m0./s1. The maximum atomic E-state index is 3.22. The zero-order valence-electron chi connectivity index (χ0n) is 9.41. The van der Waals surface area contributed by atoms with Gasteiger partial charge in [-0.3, -0.25) is 0 Å². The van der Waals surface area contributed by atoms with E-state index in [2.05, 4.69) is 25.7 Å². The summed E-state index contributed by atoms with van der Waals surface area (Å²) in [5.74, 6) is 6.85. The molecule has 0 bridgehead atoms. The minimum Gasteiger partial charge on any atom is -0.106 e. The minimum atomic E-state index is 0.657. The summed E-state index contributed by atoms with van der Waals surface area (Å²) in [5.41, 5.74) is 0. The van der Waals surface area contributed by atoms with Crippen LogP contribution in [0.5, 0.6) is 0 Å². The molecule has 1 atom stereocenters. The minimum absolute atomic E-state index is 0.657. The first-order chi connectivity index (χ1) is 5.85. The fourth-order valence-corrected chi connectivity index (χ4v) is 1.03. The smallest absolute Gasteiger partial charge is 0.0200 e. The summed E-state index contributed by atoms with van der Waals surface area (Å²) in [7, 11) is 0. The van der Waals surface area contributed by atoms with E-state index >= 15 is 0 Å². The summed E-state index contributed by atoms with van der Waals surface area (Å²) in [5, 5.41) is 0. The van der Waals surface area contributed by atoms with E-state index in [0.29, 0.717) is 5.92 Å². The SMILES string of the molecule is CC.CC#C[C@H](CC)CCCC. The molecule has 0 aliphatic carbocycles. The summed E-state index contributed by atoms with van der Waals surface area (Å²) in [6.45, 7) is 10.4. The normalized spacial score (nSPS) is 10.4. The fraction of sp³-hybridized carbons (Fsp3) is 0.833. The second-order valence-electron chi connectivity index (χ2n) is 2.64. The van der Waals surface area contributed by atoms with Crippen molar-refractivity contribution < 1.29 is 0 Å². The second-order valence-corrected chi connectivity index (χ2v) is 2.64. The molecule has 0 heteroatoms. The Bertz CT molecular complexity index is 114. The van der Waals surface area contributed by atoms with Gasteiger partial charge in [-0.2, -0.15) is 0 Å². The van der Waals surface area contributed by atoms with Crippen molar-refractivity contribution in [1.82, 2.24) is 0 Å². The quantitative estimate of drug-likeness (QED) is 0.550. The molecule has 0 saturated carbocycles. The molecule has 0 fully saturated rings. The molecule has 0 aliphatic rings. The van der Waals surface area contributed by atoms with Gasteiger partial charge in [0.1, 0.15) is 0 Å². The highest BCUT2D eigenvalue weighted by molar-refractivity contribution is 5.00. The van der Waals surface area contributed by atoms with Crippen molar-refractivity contribution in [3.8, 4) is 11.8 Å². The average molecular weight is 168 g/mol. The van der Waals surface area contributed by atoms with E-state index in [-0.39, 0.29) is 0 Å². The zero-order valence-corrected chi connectivity index (χ0v) is 9.41. The Kier molecular flexibility index (Phi) is 15.5. The van der Waals surface area contributed by atoms with E-state index in [1.54, 1.807) is 0 Å². The van der Waals surface area contributed by atoms with Gasteiger partial charge in [0.15, 0.2) is 0 Å². The summed E-state index contributed by atoms with van der Waals surface area (Å²) in [6.07, 6.45) is 5.11. The lowest BCUT2D eigenvalue weighted by Crippen LogP contribution is -1.93. The summed E-state index contributed by atoms with van der Waals surface area (Å²) < 4.78 is 0. The van der Waals surface area contributed by atoms with Gasteiger partial charge in [0.2, 0.25) is 0 Å². The van der Waals surface area contributed by atoms with Crippen LogP contribution in [0.2, 0.25) is 0 Å². The van der Waals surface area contributed by atoms with Crippen molar-refractivity contribution in [3.05, 3.63) is 0 Å². The van der Waals surface area contributed by atoms with Gasteiger partial charge in [-0.1, -0.05) is 40.5 Å². The molecule has 0 aromatic carbocycles. The zero-order chi connectivity index (χ0) is 9.82. The van der Waals surface area contributed by atoms with Crippen LogP contribution in [-0.4, -0.2) is 0 Å². The lowest BCUT2D eigenvalue weighted by atomic mass is 10.0. The molecule has 12 heavy (non-hydrogen) atoms. The van der Waals surface area contributed by atoms with Gasteiger partial charge in [0.25, 0.3) is 0 Å². The molecule has 0 aromatic heterocycles. The van der Waals surface area contributed by atoms with Gasteiger partial charge >= 0.3 is 0 Å². The predicted molar refractivity (Wildman–Crippen MR) is 58.1 cm³/mol. The van der Waals surface area contributed by atoms with Crippen molar-refractivity contribution in [2.75, 3.05) is 0 Å². The van der Waals surface area contributed by atoms with Crippen molar-refractivity contribution in [2.24, 2.45) is 5.92 Å². The highest BCUT2D eigenvalue weighted by atomic mass is 14.0. The Labute approximate surface area is 78.8 Å². The van der Waals surface area contributed by atoms with Gasteiger partial charge in [-0.25, -0.2) is 0 Å². The first kappa shape index (κ1) is 14.1. The molecule has 0 aliphatic heterocycles. The third-order valence-electron chi connectivity index (χ3n) is 1.75. The number of hydrogen-bond acceptors (Lipinski definition) is 0. The van der Waals surface area contributed by atoms with Gasteiger partial charge in [0.05, 0.1) is 0 Å². The second kappa shape index (κ2) is 13.2. The molecule has 0 radical (unpaired) electrons. The molecule has 0 nitrogen and oxygen atoms in total. The largest absolute Gasteiger partial charge is 0.106 e. The molecular weight excluding hydrogens is 144 g/mol. The van der Waals surface area contributed by atoms with Crippen molar-refractivity contribution in [3.63, 3.8) is 0 Å². The lowest BCUT2D eigenvalue weighted by Gasteiger charge is -2.04. The van der Waals surface area contributed by atoms with Crippen LogP contribution in [0.4, 0.5) is 0 Å². The maximum Gasteiger partial charge on any atom is 0.0200 e. The Morgan fingerprint density at radius 2 is 1.75 bits per heavy atom. The van der Waals surface area contributed by atoms with Crippen molar-refractivity contribution in [2.45, 2.75) is 60.3 Å². The number of rotatable bonds is 4. The Morgan fingerprint density at radius 1 is 1.17 bits per heavy atom. The molecule has 0 aromatic rings. The van der Waals surface area contributed by atoms with E-state index in [9.17, 15) is 0 Å². The topological polar surface area (TPSA) is 0 Å². The molecule has 0 heterocycles. The van der Waals surface area contributed by atoms with Crippen LogP contribution in [0.25, 0.3) is 0 Å². The van der Waals surface area contributed by atoms with E-state index < -0.39 is 0 Å². The number of unbranched alkanes of at least 4 members (excludes halogenated alkanes) is 1. The van der Waals surface area contributed by atoms with Gasteiger partial charge in [0, 0.05) is 5.92 Å². The monoisotopic (exact) mass is 168 g/mol. The van der Waals surface area contributed by atoms with Crippen LogP contribution >= 0.6 is 0 Å². The summed E-state index contributed by atoms with van der Waals surface area (Å²) in [6, 6.07) is 0. The van der Waals surface area contributed by atoms with Crippen LogP contribution in [0.3, 0.4) is 0 Å². The van der Waals surface area contributed by atoms with E-state index in [0.717, 1.165) is 0 Å². The van der Waals surface area contributed by atoms with Crippen molar-refractivity contribution >= 4 is 0 Å². The van der Waals surface area contributed by atoms with Gasteiger partial charge in [-0.15, -0.1) is 11.8 Å². The molecule has 0 saturated heterocycles. The van der Waals surface area contributed by atoms with Crippen LogP contribution in [0.1, 0.15) is 60.3 Å². The van der Waals surface area contributed by atoms with Crippen LogP contribution in [-0.2, 0) is 0 Å². The van der Waals surface area contributed by atoms with E-state index in [4.69, 9.17) is 0 Å². The molecule has 0 amide bonds. The highest BCUT2D eigenvalue weighted by Crippen LogP contribution is 2.10. The molecule has 0 rings (SSSR count). The van der Waals surface area contributed by atoms with Crippen LogP contribution < -0.4 is 0 Å². The van der Waals surface area contributed by atoms with Crippen LogP contribution in [0.15, 0.2) is 0 Å². The average Bonchev–Trinajstić information content (AvgIpc) is 2.15. The molecule has 0 N–H and O–H groups in total. The molecular formula is C12H24. The van der Waals surface area contributed by atoms with Gasteiger partial charge < -0.3 is 0 Å². The van der Waals surface area contributed by atoms with E-state index in [1.165, 1.54) is 25.7 Å². The van der Waals surface area contributed by atoms with E-state index in [1.807, 2.05) is 20.8 Å². The lowest BCUT2D eigenvalue weighted by molar-refractivity contribution is 0.556. The first-order valence-corrected chi connectivity index (χ1v) is 5.27. The fourth-order valence-electron chi connectivity index (χ4n) is 1.03. The summed E-state index contributed by atoms with van der Waals surface area (Å²) in [4.78, 5) is 0. The van der Waals surface area contributed by atoms with Gasteiger partial charge in [-0.05, 0) is 19.8 Å². The third-order valence-corrected chi connectivity index (χ3v) is 1.75. The molecule has 0 spiro atoms. The Morgan fingerprint density at radius 3 is 2.08 bits per heavy atom. The predicted octanol–water partition coefficient (Wildman–Crippen LogP) is 4.25. The Hall–Kier alpha value is -0.440. The Balaban J connectivity index is 0. The summed E-state index contributed by atoms with van der Waals surface area (Å²) >= 11 is 0. The highest BCUT2D eigenvalue weighted by Gasteiger charge is 1.98. The number of hydrogen-bond donors (Lipinski definition) is 0. The maximum absolute atomic E-state index is 3.22. The van der Waals surface area contributed by atoms with Crippen molar-refractivity contribution in [1.29, 1.82) is 0 Å². The van der Waals surface area contributed by atoms with Crippen LogP contribution in [0, 0.1) is 17.8 Å². The first-order valence-electron chi connectivity index (χ1n) is 5.27. The molecule has 72 valence electrons. The molecule has 0 unspecified atom stereocenters.